The van der Waals surface area contributed by atoms with Gasteiger partial charge in [0, 0.05) is 12.8 Å². The summed E-state index contributed by atoms with van der Waals surface area (Å²) in [5.74, 6) is -1.98. The SMILES string of the molecule is COC(=O)CCC(SC(=S)SC(CCC(=O)OC)C(=O)OC)C(=O)OC. The van der Waals surface area contributed by atoms with Crippen molar-refractivity contribution in [1.82, 2.24) is 0 Å². The molecule has 0 spiro atoms. The number of thiocarbonyl (C=S) groups is 1. The van der Waals surface area contributed by atoms with Crippen molar-refractivity contribution in [3.8, 4) is 0 Å². The third-order valence-electron chi connectivity index (χ3n) is 3.08. The minimum Gasteiger partial charge on any atom is -0.469 e. The summed E-state index contributed by atoms with van der Waals surface area (Å²) in [6.07, 6.45) is 0.407. The van der Waals surface area contributed by atoms with Crippen molar-refractivity contribution in [3.63, 3.8) is 0 Å². The summed E-state index contributed by atoms with van der Waals surface area (Å²) in [4.78, 5) is 46.3. The summed E-state index contributed by atoms with van der Waals surface area (Å²) in [6.45, 7) is 0. The second-order valence-electron chi connectivity index (χ2n) is 4.74. The van der Waals surface area contributed by atoms with Crippen molar-refractivity contribution in [2.45, 2.75) is 36.2 Å². The topological polar surface area (TPSA) is 105 Å². The standard InChI is InChI=1S/C15H22O8S3/c1-20-11(16)7-5-9(13(18)22-3)25-15(24)26-10(14(19)23-4)6-8-12(17)21-2/h9-10H,5-8H2,1-4H3. The van der Waals surface area contributed by atoms with E-state index in [4.69, 9.17) is 21.7 Å². The Hall–Kier alpha value is -1.33. The highest BCUT2D eigenvalue weighted by Gasteiger charge is 2.28. The average Bonchev–Trinajstić information content (AvgIpc) is 2.65. The lowest BCUT2D eigenvalue weighted by molar-refractivity contribution is -0.143. The number of carbonyl (C=O) groups is 4. The molecule has 0 aromatic rings. The minimum atomic E-state index is -0.710. The average molecular weight is 427 g/mol. The molecule has 0 aromatic heterocycles. The zero-order valence-corrected chi connectivity index (χ0v) is 17.4. The zero-order valence-electron chi connectivity index (χ0n) is 15.0. The molecular weight excluding hydrogens is 404 g/mol. The van der Waals surface area contributed by atoms with Gasteiger partial charge in [-0.15, -0.1) is 0 Å². The largest absolute Gasteiger partial charge is 0.469 e. The zero-order chi connectivity index (χ0) is 20.1. The van der Waals surface area contributed by atoms with Gasteiger partial charge in [0.2, 0.25) is 0 Å². The van der Waals surface area contributed by atoms with Gasteiger partial charge in [-0.25, -0.2) is 0 Å². The van der Waals surface area contributed by atoms with Crippen molar-refractivity contribution < 1.29 is 38.1 Å². The third kappa shape index (κ3) is 9.97. The third-order valence-corrected chi connectivity index (χ3v) is 6.05. The van der Waals surface area contributed by atoms with Gasteiger partial charge in [0.1, 0.15) is 14.0 Å². The Bertz CT molecular complexity index is 479. The molecule has 0 bridgehead atoms. The van der Waals surface area contributed by atoms with Crippen molar-refractivity contribution in [2.24, 2.45) is 0 Å². The number of esters is 4. The summed E-state index contributed by atoms with van der Waals surface area (Å²) in [5.41, 5.74) is 0. The number of carbonyl (C=O) groups excluding carboxylic acids is 4. The van der Waals surface area contributed by atoms with Gasteiger partial charge >= 0.3 is 23.9 Å². The fraction of sp³-hybridized carbons (Fsp3) is 0.667. The first-order valence-corrected chi connectivity index (χ1v) is 9.62. The predicted molar refractivity (Wildman–Crippen MR) is 102 cm³/mol. The predicted octanol–water partition coefficient (Wildman–Crippen LogP) is 1.73. The summed E-state index contributed by atoms with van der Waals surface area (Å²) >= 11 is 7.26. The van der Waals surface area contributed by atoms with Crippen LogP contribution in [-0.2, 0) is 38.1 Å². The molecule has 0 N–H and O–H groups in total. The molecule has 0 aliphatic rings. The highest BCUT2D eigenvalue weighted by molar-refractivity contribution is 8.47. The number of hydrogen-bond acceptors (Lipinski definition) is 11. The van der Waals surface area contributed by atoms with Crippen LogP contribution in [0.2, 0.25) is 0 Å². The Morgan fingerprint density at radius 3 is 1.35 bits per heavy atom. The van der Waals surface area contributed by atoms with Crippen LogP contribution < -0.4 is 0 Å². The van der Waals surface area contributed by atoms with E-state index in [1.54, 1.807) is 0 Å². The van der Waals surface area contributed by atoms with E-state index in [9.17, 15) is 19.2 Å². The van der Waals surface area contributed by atoms with Crippen LogP contribution in [0.1, 0.15) is 25.7 Å². The van der Waals surface area contributed by atoms with Crippen LogP contribution in [0.3, 0.4) is 0 Å². The van der Waals surface area contributed by atoms with Gasteiger partial charge in [0.15, 0.2) is 0 Å². The van der Waals surface area contributed by atoms with Crippen LogP contribution >= 0.6 is 35.7 Å². The van der Waals surface area contributed by atoms with Gasteiger partial charge in [0.05, 0.1) is 28.4 Å². The van der Waals surface area contributed by atoms with Crippen LogP contribution in [0.15, 0.2) is 0 Å². The van der Waals surface area contributed by atoms with Crippen LogP contribution in [-0.4, -0.2) is 66.3 Å². The molecule has 0 aliphatic heterocycles. The Morgan fingerprint density at radius 1 is 0.731 bits per heavy atom. The fourth-order valence-electron chi connectivity index (χ4n) is 1.67. The molecule has 0 saturated carbocycles. The number of methoxy groups -OCH3 is 4. The molecule has 0 radical (unpaired) electrons. The summed E-state index contributed by atoms with van der Waals surface area (Å²) in [6, 6.07) is 0. The van der Waals surface area contributed by atoms with Crippen LogP contribution in [0.5, 0.6) is 0 Å². The summed E-state index contributed by atoms with van der Waals surface area (Å²) < 4.78 is 18.8. The maximum absolute atomic E-state index is 11.9. The van der Waals surface area contributed by atoms with E-state index in [1.807, 2.05) is 0 Å². The molecule has 2 atom stereocenters. The molecule has 11 heteroatoms. The molecule has 26 heavy (non-hydrogen) atoms. The maximum atomic E-state index is 11.9. The molecule has 0 amide bonds. The number of rotatable bonds is 10. The van der Waals surface area contributed by atoms with Gasteiger partial charge in [-0.3, -0.25) is 19.2 Å². The molecule has 2 unspecified atom stereocenters. The Morgan fingerprint density at radius 2 is 1.08 bits per heavy atom. The fourth-order valence-corrected chi connectivity index (χ4v) is 4.61. The molecule has 148 valence electrons. The molecule has 0 fully saturated rings. The van der Waals surface area contributed by atoms with Gasteiger partial charge in [-0.05, 0) is 12.8 Å². The Balaban J connectivity index is 4.84. The van der Waals surface area contributed by atoms with Crippen molar-refractivity contribution >= 4 is 63.1 Å². The van der Waals surface area contributed by atoms with E-state index in [2.05, 4.69) is 9.47 Å². The molecule has 0 rings (SSSR count). The quantitative estimate of drug-likeness (QED) is 0.290. The van der Waals surface area contributed by atoms with Crippen LogP contribution in [0.4, 0.5) is 0 Å². The van der Waals surface area contributed by atoms with E-state index < -0.39 is 34.4 Å². The second-order valence-corrected chi connectivity index (χ2v) is 8.35. The Labute approximate surface area is 166 Å². The molecule has 0 aromatic carbocycles. The van der Waals surface area contributed by atoms with E-state index in [0.29, 0.717) is 3.53 Å². The van der Waals surface area contributed by atoms with Crippen LogP contribution in [0, 0.1) is 0 Å². The lowest BCUT2D eigenvalue weighted by atomic mass is 10.2. The van der Waals surface area contributed by atoms with Gasteiger partial charge in [0.25, 0.3) is 0 Å². The number of ether oxygens (including phenoxy) is 4. The molecule has 8 nitrogen and oxygen atoms in total. The first-order chi connectivity index (χ1) is 12.3. The van der Waals surface area contributed by atoms with Crippen molar-refractivity contribution in [2.75, 3.05) is 28.4 Å². The second kappa shape index (κ2) is 13.8. The highest BCUT2D eigenvalue weighted by Crippen LogP contribution is 2.31. The first-order valence-electron chi connectivity index (χ1n) is 7.45. The van der Waals surface area contributed by atoms with Crippen LogP contribution in [0.25, 0.3) is 0 Å². The molecular formula is C15H22O8S3. The molecule has 0 aliphatic carbocycles. The molecule has 0 saturated heterocycles. The van der Waals surface area contributed by atoms with E-state index in [1.165, 1.54) is 28.4 Å². The number of thioether (sulfide) groups is 2. The van der Waals surface area contributed by atoms with Crippen molar-refractivity contribution in [3.05, 3.63) is 0 Å². The van der Waals surface area contributed by atoms with Gasteiger partial charge < -0.3 is 18.9 Å². The van der Waals surface area contributed by atoms with E-state index >= 15 is 0 Å². The smallest absolute Gasteiger partial charge is 0.319 e. The normalized spacial score (nSPS) is 12.5. The van der Waals surface area contributed by atoms with Gasteiger partial charge in [-0.2, -0.15) is 0 Å². The van der Waals surface area contributed by atoms with E-state index in [0.717, 1.165) is 23.5 Å². The van der Waals surface area contributed by atoms with Crippen molar-refractivity contribution in [1.29, 1.82) is 0 Å². The highest BCUT2D eigenvalue weighted by atomic mass is 32.2. The van der Waals surface area contributed by atoms with E-state index in [-0.39, 0.29) is 25.7 Å². The lowest BCUT2D eigenvalue weighted by Crippen LogP contribution is -2.24. The Kier molecular flexibility index (Phi) is 13.1. The summed E-state index contributed by atoms with van der Waals surface area (Å²) in [7, 11) is 4.98. The van der Waals surface area contributed by atoms with Gasteiger partial charge in [-0.1, -0.05) is 35.7 Å². The monoisotopic (exact) mass is 426 g/mol. The summed E-state index contributed by atoms with van der Waals surface area (Å²) in [5, 5.41) is -1.42. The minimum absolute atomic E-state index is 0.0271. The lowest BCUT2D eigenvalue weighted by Gasteiger charge is -2.17. The first kappa shape index (κ1) is 24.7. The maximum Gasteiger partial charge on any atom is 0.319 e. The number of hydrogen-bond donors (Lipinski definition) is 0. The molecule has 0 heterocycles.